The van der Waals surface area contributed by atoms with Gasteiger partial charge < -0.3 is 9.64 Å². The van der Waals surface area contributed by atoms with Crippen LogP contribution in [0.3, 0.4) is 0 Å². The number of ether oxygens (including phenoxy) is 1. The third-order valence-electron chi connectivity index (χ3n) is 4.79. The minimum absolute atomic E-state index is 0.210. The van der Waals surface area contributed by atoms with E-state index in [0.717, 1.165) is 5.56 Å². The van der Waals surface area contributed by atoms with Crippen molar-refractivity contribution in [3.8, 4) is 0 Å². The molecular weight excluding hydrogens is 397 g/mol. The lowest BCUT2D eigenvalue weighted by Gasteiger charge is -2.26. The molecule has 28 heavy (non-hydrogen) atoms. The molecule has 2 aromatic carbocycles. The van der Waals surface area contributed by atoms with Crippen molar-refractivity contribution in [1.82, 2.24) is 4.90 Å². The van der Waals surface area contributed by atoms with Crippen LogP contribution in [0.4, 0.5) is 0 Å². The molecule has 0 saturated heterocycles. The molecule has 1 atom stereocenters. The highest BCUT2D eigenvalue weighted by atomic mass is 35.5. The lowest BCUT2D eigenvalue weighted by Crippen LogP contribution is -2.28. The van der Waals surface area contributed by atoms with Gasteiger partial charge in [-0.3, -0.25) is 4.79 Å². The Hall–Kier alpha value is -2.56. The van der Waals surface area contributed by atoms with Gasteiger partial charge in [0, 0.05) is 21.3 Å². The molecule has 144 valence electrons. The largest absolute Gasteiger partial charge is 0.465 e. The van der Waals surface area contributed by atoms with Gasteiger partial charge in [-0.1, -0.05) is 59.6 Å². The van der Waals surface area contributed by atoms with E-state index in [2.05, 4.69) is 0 Å². The van der Waals surface area contributed by atoms with Crippen LogP contribution in [0.2, 0.25) is 10.0 Å². The lowest BCUT2D eigenvalue weighted by molar-refractivity contribution is -0.136. The average Bonchev–Trinajstić information content (AvgIpc) is 2.94. The molecule has 0 aromatic heterocycles. The average molecular weight is 416 g/mol. The lowest BCUT2D eigenvalue weighted by atomic mass is 10.0. The summed E-state index contributed by atoms with van der Waals surface area (Å²) in [5.74, 6) is -0.881. The number of hydrogen-bond donors (Lipinski definition) is 0. The molecule has 0 N–H and O–H groups in total. The molecule has 1 heterocycles. The Morgan fingerprint density at radius 2 is 1.68 bits per heavy atom. The number of esters is 1. The molecule has 2 aromatic rings. The van der Waals surface area contributed by atoms with E-state index in [4.69, 9.17) is 27.9 Å². The number of carbonyl (C=O) groups is 2. The molecule has 0 bridgehead atoms. The Morgan fingerprint density at radius 1 is 1.07 bits per heavy atom. The first-order valence-corrected chi connectivity index (χ1v) is 9.46. The zero-order valence-corrected chi connectivity index (χ0v) is 17.2. The van der Waals surface area contributed by atoms with Crippen molar-refractivity contribution in [2.24, 2.45) is 0 Å². The molecule has 0 fully saturated rings. The summed E-state index contributed by atoms with van der Waals surface area (Å²) in [6.45, 7) is 3.65. The molecule has 0 aliphatic carbocycles. The molecule has 0 saturated carbocycles. The maximum atomic E-state index is 13.3. The van der Waals surface area contributed by atoms with Gasteiger partial charge in [-0.2, -0.15) is 0 Å². The first-order chi connectivity index (χ1) is 13.4. The first kappa shape index (κ1) is 20.2. The fourth-order valence-corrected chi connectivity index (χ4v) is 3.84. The van der Waals surface area contributed by atoms with Crippen molar-refractivity contribution >= 4 is 41.2 Å². The topological polar surface area (TPSA) is 46.6 Å². The fraction of sp³-hybridized carbons (Fsp3) is 0.182. The van der Waals surface area contributed by atoms with E-state index in [1.54, 1.807) is 36.1 Å². The second-order valence-corrected chi connectivity index (χ2v) is 7.22. The number of hydrogen-bond acceptors (Lipinski definition) is 3. The van der Waals surface area contributed by atoms with Gasteiger partial charge in [-0.25, -0.2) is 4.79 Å². The quantitative estimate of drug-likeness (QED) is 0.494. The van der Waals surface area contributed by atoms with Gasteiger partial charge in [-0.15, -0.1) is 0 Å². The van der Waals surface area contributed by atoms with Crippen molar-refractivity contribution in [2.45, 2.75) is 19.9 Å². The van der Waals surface area contributed by atoms with Crippen LogP contribution in [0.5, 0.6) is 0 Å². The number of carbonyl (C=O) groups excluding carboxylic acids is 2. The number of benzene rings is 2. The molecule has 1 amide bonds. The van der Waals surface area contributed by atoms with Crippen molar-refractivity contribution in [2.75, 3.05) is 7.11 Å². The Morgan fingerprint density at radius 3 is 2.25 bits per heavy atom. The Kier molecular flexibility index (Phi) is 5.92. The molecule has 0 unspecified atom stereocenters. The number of methoxy groups -OCH3 is 1. The molecule has 6 heteroatoms. The first-order valence-electron chi connectivity index (χ1n) is 8.70. The van der Waals surface area contributed by atoms with Crippen LogP contribution in [0, 0.1) is 0 Å². The van der Waals surface area contributed by atoms with Crippen LogP contribution in [0.15, 0.2) is 65.4 Å². The molecule has 1 aliphatic rings. The Balaban J connectivity index is 2.15. The summed E-state index contributed by atoms with van der Waals surface area (Å²) in [6.07, 6.45) is 1.56. The zero-order chi connectivity index (χ0) is 20.4. The SMILES string of the molecule is COC(=O)C1=C(C)N([C@H](C)c2ccccc2)C(=O)/C1=C\c1c(Cl)cccc1Cl. The number of nitrogens with zero attached hydrogens (tertiary/aromatic N) is 1. The summed E-state index contributed by atoms with van der Waals surface area (Å²) in [7, 11) is 1.29. The van der Waals surface area contributed by atoms with Gasteiger partial charge in [0.25, 0.3) is 5.91 Å². The highest BCUT2D eigenvalue weighted by Gasteiger charge is 2.39. The minimum atomic E-state index is -0.581. The summed E-state index contributed by atoms with van der Waals surface area (Å²) < 4.78 is 4.93. The number of rotatable bonds is 4. The highest BCUT2D eigenvalue weighted by molar-refractivity contribution is 6.37. The third kappa shape index (κ3) is 3.58. The molecule has 0 radical (unpaired) electrons. The second-order valence-electron chi connectivity index (χ2n) is 6.41. The second kappa shape index (κ2) is 8.21. The number of halogens is 2. The zero-order valence-electron chi connectivity index (χ0n) is 15.7. The smallest absolute Gasteiger partial charge is 0.340 e. The molecular formula is C22H19Cl2NO3. The van der Waals surface area contributed by atoms with Crippen LogP contribution in [-0.4, -0.2) is 23.9 Å². The van der Waals surface area contributed by atoms with E-state index in [-0.39, 0.29) is 23.1 Å². The fourth-order valence-electron chi connectivity index (χ4n) is 3.34. The van der Waals surface area contributed by atoms with E-state index in [1.165, 1.54) is 7.11 Å². The highest BCUT2D eigenvalue weighted by Crippen LogP contribution is 2.39. The Labute approximate surface area is 174 Å². The molecule has 3 rings (SSSR count). The van der Waals surface area contributed by atoms with Gasteiger partial charge >= 0.3 is 5.97 Å². The minimum Gasteiger partial charge on any atom is -0.465 e. The van der Waals surface area contributed by atoms with E-state index in [0.29, 0.717) is 21.3 Å². The summed E-state index contributed by atoms with van der Waals surface area (Å²) in [4.78, 5) is 27.4. The standard InChI is InChI=1S/C22H19Cl2NO3/c1-13(15-8-5-4-6-9-15)25-14(2)20(22(27)28-3)17(21(25)26)12-16-18(23)10-7-11-19(16)24/h4-13H,1-3H3/b17-12-/t13-/m1/s1. The van der Waals surface area contributed by atoms with Gasteiger partial charge in [-0.05, 0) is 37.6 Å². The summed E-state index contributed by atoms with van der Waals surface area (Å²) >= 11 is 12.5. The van der Waals surface area contributed by atoms with Crippen molar-refractivity contribution in [1.29, 1.82) is 0 Å². The van der Waals surface area contributed by atoms with E-state index >= 15 is 0 Å². The normalized spacial score (nSPS) is 16.7. The van der Waals surface area contributed by atoms with Gasteiger partial charge in [0.1, 0.15) is 0 Å². The van der Waals surface area contributed by atoms with Gasteiger partial charge in [0.2, 0.25) is 0 Å². The van der Waals surface area contributed by atoms with Crippen molar-refractivity contribution in [3.63, 3.8) is 0 Å². The molecule has 0 spiro atoms. The van der Waals surface area contributed by atoms with E-state index < -0.39 is 5.97 Å². The van der Waals surface area contributed by atoms with Crippen LogP contribution in [0.25, 0.3) is 6.08 Å². The predicted octanol–water partition coefficient (Wildman–Crippen LogP) is 5.43. The van der Waals surface area contributed by atoms with Crippen molar-refractivity contribution < 1.29 is 14.3 Å². The van der Waals surface area contributed by atoms with Crippen LogP contribution < -0.4 is 0 Å². The molecule has 1 aliphatic heterocycles. The van der Waals surface area contributed by atoms with E-state index in [1.807, 2.05) is 37.3 Å². The van der Waals surface area contributed by atoms with Crippen LogP contribution >= 0.6 is 23.2 Å². The van der Waals surface area contributed by atoms with E-state index in [9.17, 15) is 9.59 Å². The number of allylic oxidation sites excluding steroid dienone is 1. The van der Waals surface area contributed by atoms with Crippen LogP contribution in [-0.2, 0) is 14.3 Å². The summed E-state index contributed by atoms with van der Waals surface area (Å²) in [6, 6.07) is 14.4. The Bertz CT molecular complexity index is 976. The number of amides is 1. The molecule has 4 nitrogen and oxygen atoms in total. The maximum absolute atomic E-state index is 13.3. The van der Waals surface area contributed by atoms with Crippen LogP contribution in [0.1, 0.15) is 31.0 Å². The summed E-state index contributed by atoms with van der Waals surface area (Å²) in [5, 5.41) is 0.786. The predicted molar refractivity (Wildman–Crippen MR) is 111 cm³/mol. The van der Waals surface area contributed by atoms with Gasteiger partial charge in [0.15, 0.2) is 0 Å². The maximum Gasteiger partial charge on any atom is 0.340 e. The monoisotopic (exact) mass is 415 g/mol. The van der Waals surface area contributed by atoms with Crippen molar-refractivity contribution in [3.05, 3.63) is 86.5 Å². The van der Waals surface area contributed by atoms with Gasteiger partial charge in [0.05, 0.1) is 24.3 Å². The third-order valence-corrected chi connectivity index (χ3v) is 5.45. The summed E-state index contributed by atoms with van der Waals surface area (Å²) in [5.41, 5.74) is 2.39.